The Bertz CT molecular complexity index is 587. The summed E-state index contributed by atoms with van der Waals surface area (Å²) in [6.07, 6.45) is 2.74. The van der Waals surface area contributed by atoms with Crippen molar-refractivity contribution in [2.75, 3.05) is 6.54 Å². The van der Waals surface area contributed by atoms with Crippen molar-refractivity contribution < 1.29 is 19.6 Å². The molecule has 1 fully saturated rings. The number of amides is 1. The van der Waals surface area contributed by atoms with Crippen molar-refractivity contribution in [3.8, 4) is 0 Å². The minimum Gasteiger partial charge on any atom is -0.481 e. The van der Waals surface area contributed by atoms with Crippen LogP contribution in [0.15, 0.2) is 12.1 Å². The second kappa shape index (κ2) is 5.55. The Morgan fingerprint density at radius 2 is 2.05 bits per heavy atom. The molecule has 0 aromatic carbocycles. The molecule has 0 bridgehead atoms. The summed E-state index contributed by atoms with van der Waals surface area (Å²) < 4.78 is 1.18. The molecule has 1 aromatic rings. The van der Waals surface area contributed by atoms with Gasteiger partial charge in [0.1, 0.15) is 0 Å². The van der Waals surface area contributed by atoms with Crippen LogP contribution < -0.4 is 5.32 Å². The Balaban J connectivity index is 2.08. The Kier molecular flexibility index (Phi) is 3.97. The van der Waals surface area contributed by atoms with E-state index in [2.05, 4.69) is 5.32 Å². The fraction of sp³-hybridized carbons (Fsp3) is 0.538. The summed E-state index contributed by atoms with van der Waals surface area (Å²) in [5.41, 5.74) is -0.771. The number of hydrogen-bond acceptors (Lipinski definition) is 4. The first-order chi connectivity index (χ1) is 9.87. The van der Waals surface area contributed by atoms with Crippen molar-refractivity contribution in [2.24, 2.45) is 12.5 Å². The summed E-state index contributed by atoms with van der Waals surface area (Å²) in [6.45, 7) is 0.0418. The van der Waals surface area contributed by atoms with Gasteiger partial charge in [-0.15, -0.1) is 0 Å². The minimum atomic E-state index is -0.910. The zero-order chi connectivity index (χ0) is 15.6. The molecule has 8 nitrogen and oxygen atoms in total. The highest BCUT2D eigenvalue weighted by Crippen LogP contribution is 2.37. The molecule has 1 aliphatic rings. The first-order valence-electron chi connectivity index (χ1n) is 6.69. The predicted molar refractivity (Wildman–Crippen MR) is 72.9 cm³/mol. The van der Waals surface area contributed by atoms with Gasteiger partial charge in [-0.25, -0.2) is 4.57 Å². The third kappa shape index (κ3) is 2.74. The van der Waals surface area contributed by atoms with E-state index < -0.39 is 22.2 Å². The normalized spacial score (nSPS) is 16.6. The molecule has 0 atom stereocenters. The summed E-state index contributed by atoms with van der Waals surface area (Å²) in [7, 11) is 1.43. The Morgan fingerprint density at radius 1 is 1.43 bits per heavy atom. The van der Waals surface area contributed by atoms with Gasteiger partial charge in [-0.05, 0) is 23.8 Å². The highest BCUT2D eigenvalue weighted by molar-refractivity contribution is 5.93. The SMILES string of the molecule is Cn1c(C(=O)NCC2(C(=O)O)CCCC2)ccc1[N+](=O)[O-]. The lowest BCUT2D eigenvalue weighted by Gasteiger charge is -2.23. The monoisotopic (exact) mass is 295 g/mol. The van der Waals surface area contributed by atoms with E-state index in [9.17, 15) is 24.8 Å². The number of carboxylic acid groups (broad SMARTS) is 1. The van der Waals surface area contributed by atoms with Crippen LogP contribution in [0.5, 0.6) is 0 Å². The van der Waals surface area contributed by atoms with Crippen LogP contribution in [-0.4, -0.2) is 33.0 Å². The van der Waals surface area contributed by atoms with E-state index in [4.69, 9.17) is 0 Å². The first kappa shape index (κ1) is 15.0. The van der Waals surface area contributed by atoms with Crippen LogP contribution in [-0.2, 0) is 11.8 Å². The van der Waals surface area contributed by atoms with E-state index in [1.54, 1.807) is 0 Å². The summed E-state index contributed by atoms with van der Waals surface area (Å²) in [6, 6.07) is 2.60. The Labute approximate surface area is 120 Å². The van der Waals surface area contributed by atoms with E-state index in [-0.39, 0.29) is 18.1 Å². The van der Waals surface area contributed by atoms with Crippen LogP contribution in [0.25, 0.3) is 0 Å². The van der Waals surface area contributed by atoms with Crippen molar-refractivity contribution in [1.29, 1.82) is 0 Å². The second-order valence-corrected chi connectivity index (χ2v) is 5.37. The lowest BCUT2D eigenvalue weighted by molar-refractivity contribution is -0.391. The number of rotatable bonds is 5. The molecule has 0 saturated heterocycles. The number of aromatic nitrogens is 1. The van der Waals surface area contributed by atoms with Gasteiger partial charge in [0.2, 0.25) is 0 Å². The van der Waals surface area contributed by atoms with E-state index in [1.807, 2.05) is 0 Å². The molecule has 8 heteroatoms. The molecule has 0 radical (unpaired) electrons. The quantitative estimate of drug-likeness (QED) is 0.627. The summed E-state index contributed by atoms with van der Waals surface area (Å²) in [5.74, 6) is -1.59. The van der Waals surface area contributed by atoms with Gasteiger partial charge >= 0.3 is 11.8 Å². The molecule has 1 saturated carbocycles. The van der Waals surface area contributed by atoms with Crippen LogP contribution in [0.3, 0.4) is 0 Å². The Morgan fingerprint density at radius 3 is 2.52 bits per heavy atom. The molecule has 114 valence electrons. The van der Waals surface area contributed by atoms with E-state index in [0.717, 1.165) is 12.8 Å². The summed E-state index contributed by atoms with van der Waals surface area (Å²) in [5, 5.41) is 22.7. The molecule has 2 rings (SSSR count). The number of nitrogens with zero attached hydrogens (tertiary/aromatic N) is 2. The maximum atomic E-state index is 12.1. The topological polar surface area (TPSA) is 114 Å². The van der Waals surface area contributed by atoms with Gasteiger partial charge in [0.15, 0.2) is 5.69 Å². The third-order valence-corrected chi connectivity index (χ3v) is 4.12. The van der Waals surface area contributed by atoms with Gasteiger partial charge < -0.3 is 20.5 Å². The molecule has 2 N–H and O–H groups in total. The largest absolute Gasteiger partial charge is 0.481 e. The van der Waals surface area contributed by atoms with Crippen LogP contribution in [0.1, 0.15) is 36.2 Å². The van der Waals surface area contributed by atoms with Crippen molar-refractivity contribution >= 4 is 17.7 Å². The van der Waals surface area contributed by atoms with Gasteiger partial charge in [-0.1, -0.05) is 12.8 Å². The molecule has 1 amide bonds. The summed E-state index contributed by atoms with van der Waals surface area (Å²) in [4.78, 5) is 33.6. The number of carboxylic acids is 1. The Hall–Kier alpha value is -2.38. The van der Waals surface area contributed by atoms with Gasteiger partial charge in [-0.2, -0.15) is 0 Å². The van der Waals surface area contributed by atoms with Gasteiger partial charge in [0.25, 0.3) is 5.91 Å². The van der Waals surface area contributed by atoms with Crippen molar-refractivity contribution in [3.63, 3.8) is 0 Å². The average molecular weight is 295 g/mol. The number of nitro groups is 1. The van der Waals surface area contributed by atoms with Crippen LogP contribution in [0, 0.1) is 15.5 Å². The summed E-state index contributed by atoms with van der Waals surface area (Å²) >= 11 is 0. The van der Waals surface area contributed by atoms with E-state index in [1.165, 1.54) is 23.7 Å². The zero-order valence-corrected chi connectivity index (χ0v) is 11.7. The predicted octanol–water partition coefficient (Wildman–Crippen LogP) is 1.31. The minimum absolute atomic E-state index is 0.0418. The first-order valence-corrected chi connectivity index (χ1v) is 6.69. The molecule has 0 unspecified atom stereocenters. The number of aliphatic carboxylic acids is 1. The van der Waals surface area contributed by atoms with Crippen molar-refractivity contribution in [3.05, 3.63) is 27.9 Å². The number of hydrogen-bond donors (Lipinski definition) is 2. The number of nitrogens with one attached hydrogen (secondary N) is 1. The lowest BCUT2D eigenvalue weighted by Crippen LogP contribution is -2.41. The molecule has 1 heterocycles. The molecule has 1 aromatic heterocycles. The van der Waals surface area contributed by atoms with Crippen molar-refractivity contribution in [2.45, 2.75) is 25.7 Å². The number of carbonyl (C=O) groups excluding carboxylic acids is 1. The molecule has 21 heavy (non-hydrogen) atoms. The molecular formula is C13H17N3O5. The zero-order valence-electron chi connectivity index (χ0n) is 11.7. The second-order valence-electron chi connectivity index (χ2n) is 5.37. The molecule has 1 aliphatic carbocycles. The smallest absolute Gasteiger partial charge is 0.323 e. The van der Waals surface area contributed by atoms with Crippen molar-refractivity contribution in [1.82, 2.24) is 9.88 Å². The van der Waals surface area contributed by atoms with Gasteiger partial charge in [0.05, 0.1) is 12.5 Å². The van der Waals surface area contributed by atoms with Gasteiger partial charge in [-0.3, -0.25) is 9.59 Å². The molecule has 0 spiro atoms. The van der Waals surface area contributed by atoms with Crippen LogP contribution in [0.4, 0.5) is 5.82 Å². The highest BCUT2D eigenvalue weighted by atomic mass is 16.6. The average Bonchev–Trinajstić information content (AvgIpc) is 3.03. The standard InChI is InChI=1S/C13H17N3O5/c1-15-9(4-5-10(15)16(20)21)11(17)14-8-13(12(18)19)6-2-3-7-13/h4-5H,2-3,6-8H2,1H3,(H,14,17)(H,18,19). The third-order valence-electron chi connectivity index (χ3n) is 4.12. The molecule has 0 aliphatic heterocycles. The maximum Gasteiger partial charge on any atom is 0.323 e. The number of carbonyl (C=O) groups is 2. The maximum absolute atomic E-state index is 12.1. The lowest BCUT2D eigenvalue weighted by atomic mass is 9.86. The van der Waals surface area contributed by atoms with E-state index >= 15 is 0 Å². The van der Waals surface area contributed by atoms with E-state index in [0.29, 0.717) is 12.8 Å². The fourth-order valence-electron chi connectivity index (χ4n) is 2.77. The van der Waals surface area contributed by atoms with Crippen LogP contribution in [0.2, 0.25) is 0 Å². The van der Waals surface area contributed by atoms with Gasteiger partial charge in [0, 0.05) is 12.6 Å². The van der Waals surface area contributed by atoms with Crippen LogP contribution >= 0.6 is 0 Å². The fourth-order valence-corrected chi connectivity index (χ4v) is 2.77. The highest BCUT2D eigenvalue weighted by Gasteiger charge is 2.41. The molecular weight excluding hydrogens is 278 g/mol.